The zero-order chi connectivity index (χ0) is 20.5. The molecule has 7 heteroatoms. The molecule has 2 aromatic carbocycles. The molecular formula is C20H23NO5S. The molecular weight excluding hydrogens is 366 g/mol. The maximum atomic E-state index is 12.8. The van der Waals surface area contributed by atoms with E-state index in [1.807, 2.05) is 13.8 Å². The Morgan fingerprint density at radius 3 is 2.11 bits per heavy atom. The lowest BCUT2D eigenvalue weighted by Crippen LogP contribution is -2.34. The number of nitrogens with one attached hydrogen (secondary N) is 1. The van der Waals surface area contributed by atoms with E-state index in [-0.39, 0.29) is 10.5 Å². The average Bonchev–Trinajstić information content (AvgIpc) is 2.56. The van der Waals surface area contributed by atoms with E-state index < -0.39 is 27.8 Å². The van der Waals surface area contributed by atoms with E-state index in [0.29, 0.717) is 16.7 Å². The number of rotatable bonds is 5. The Labute approximate surface area is 159 Å². The van der Waals surface area contributed by atoms with Crippen LogP contribution >= 0.6 is 0 Å². The van der Waals surface area contributed by atoms with E-state index in [1.54, 1.807) is 32.0 Å². The molecule has 0 bridgehead atoms. The van der Waals surface area contributed by atoms with Gasteiger partial charge in [0.2, 0.25) is 0 Å². The normalized spacial score (nSPS) is 12.5. The average molecular weight is 389 g/mol. The molecule has 0 spiro atoms. The van der Waals surface area contributed by atoms with Crippen molar-refractivity contribution in [3.8, 4) is 0 Å². The molecule has 2 N–H and O–H groups in total. The molecule has 27 heavy (non-hydrogen) atoms. The van der Waals surface area contributed by atoms with Crippen LogP contribution in [0.5, 0.6) is 0 Å². The summed E-state index contributed by atoms with van der Waals surface area (Å²) in [7, 11) is -3.50. The van der Waals surface area contributed by atoms with Gasteiger partial charge in [-0.1, -0.05) is 18.2 Å². The number of hydrogen-bond donors (Lipinski definition) is 2. The highest BCUT2D eigenvalue weighted by Gasteiger charge is 2.25. The van der Waals surface area contributed by atoms with Crippen molar-refractivity contribution in [3.05, 3.63) is 63.7 Å². The predicted octanol–water partition coefficient (Wildman–Crippen LogP) is 2.88. The molecule has 0 aliphatic heterocycles. The molecule has 6 nitrogen and oxygen atoms in total. The van der Waals surface area contributed by atoms with Crippen LogP contribution in [0.4, 0.5) is 0 Å². The van der Waals surface area contributed by atoms with Gasteiger partial charge in [-0.25, -0.2) is 13.2 Å². The van der Waals surface area contributed by atoms with E-state index >= 15 is 0 Å². The summed E-state index contributed by atoms with van der Waals surface area (Å²) >= 11 is 0. The topological polar surface area (TPSA) is 101 Å². The quantitative estimate of drug-likeness (QED) is 0.819. The van der Waals surface area contributed by atoms with Crippen LogP contribution in [0.15, 0.2) is 35.2 Å². The molecule has 0 heterocycles. The third kappa shape index (κ3) is 4.54. The molecule has 0 aliphatic carbocycles. The molecule has 0 radical (unpaired) electrons. The molecule has 1 atom stereocenters. The number of amides is 1. The Morgan fingerprint density at radius 2 is 1.59 bits per heavy atom. The molecule has 1 unspecified atom stereocenters. The fourth-order valence-corrected chi connectivity index (χ4v) is 3.44. The van der Waals surface area contributed by atoms with Crippen LogP contribution in [0.25, 0.3) is 0 Å². The van der Waals surface area contributed by atoms with Crippen molar-refractivity contribution in [3.63, 3.8) is 0 Å². The van der Waals surface area contributed by atoms with Gasteiger partial charge >= 0.3 is 5.97 Å². The van der Waals surface area contributed by atoms with Gasteiger partial charge in [0.05, 0.1) is 4.90 Å². The van der Waals surface area contributed by atoms with Gasteiger partial charge in [-0.2, -0.15) is 0 Å². The number of carboxylic acids is 1. The first-order valence-electron chi connectivity index (χ1n) is 8.34. The van der Waals surface area contributed by atoms with Crippen LogP contribution in [0.2, 0.25) is 0 Å². The highest BCUT2D eigenvalue weighted by molar-refractivity contribution is 7.90. The molecule has 0 saturated heterocycles. The SMILES string of the molecule is Cc1ccc(C(NC(=O)c2cc(S(C)(=O)=O)cc(C)c2C)C(=O)O)cc1C. The summed E-state index contributed by atoms with van der Waals surface area (Å²) in [6.45, 7) is 7.18. The van der Waals surface area contributed by atoms with Crippen molar-refractivity contribution in [1.82, 2.24) is 5.32 Å². The Balaban J connectivity index is 2.46. The van der Waals surface area contributed by atoms with Crippen LogP contribution in [0.1, 0.15) is 44.2 Å². The molecule has 0 saturated carbocycles. The number of hydrogen-bond acceptors (Lipinski definition) is 4. The van der Waals surface area contributed by atoms with Gasteiger partial charge in [0.25, 0.3) is 5.91 Å². The van der Waals surface area contributed by atoms with Crippen LogP contribution in [-0.4, -0.2) is 31.7 Å². The molecule has 1 amide bonds. The fourth-order valence-electron chi connectivity index (χ4n) is 2.72. The highest BCUT2D eigenvalue weighted by Crippen LogP contribution is 2.22. The lowest BCUT2D eigenvalue weighted by atomic mass is 9.99. The summed E-state index contributed by atoms with van der Waals surface area (Å²) in [6, 6.07) is 6.72. The minimum absolute atomic E-state index is 0.0220. The molecule has 0 aliphatic rings. The fraction of sp³-hybridized carbons (Fsp3) is 0.300. The van der Waals surface area contributed by atoms with Gasteiger partial charge in [-0.15, -0.1) is 0 Å². The third-order valence-electron chi connectivity index (χ3n) is 4.70. The summed E-state index contributed by atoms with van der Waals surface area (Å²) in [4.78, 5) is 24.5. The maximum absolute atomic E-state index is 12.8. The van der Waals surface area contributed by atoms with Crippen molar-refractivity contribution in [2.24, 2.45) is 0 Å². The monoisotopic (exact) mass is 389 g/mol. The Morgan fingerprint density at radius 1 is 0.963 bits per heavy atom. The van der Waals surface area contributed by atoms with Gasteiger partial charge in [0, 0.05) is 11.8 Å². The van der Waals surface area contributed by atoms with Crippen molar-refractivity contribution in [1.29, 1.82) is 0 Å². The third-order valence-corrected chi connectivity index (χ3v) is 5.79. The molecule has 0 fully saturated rings. The number of carboxylic acid groups (broad SMARTS) is 1. The smallest absolute Gasteiger partial charge is 0.330 e. The van der Waals surface area contributed by atoms with Gasteiger partial charge < -0.3 is 10.4 Å². The van der Waals surface area contributed by atoms with Crippen LogP contribution in [0.3, 0.4) is 0 Å². The van der Waals surface area contributed by atoms with Crippen molar-refractivity contribution in [2.45, 2.75) is 38.6 Å². The van der Waals surface area contributed by atoms with Crippen LogP contribution in [0, 0.1) is 27.7 Å². The van der Waals surface area contributed by atoms with E-state index in [0.717, 1.165) is 17.4 Å². The van der Waals surface area contributed by atoms with Crippen LogP contribution < -0.4 is 5.32 Å². The second-order valence-corrected chi connectivity index (χ2v) is 8.79. The summed E-state index contributed by atoms with van der Waals surface area (Å²) < 4.78 is 23.7. The molecule has 2 aromatic rings. The molecule has 2 rings (SSSR count). The maximum Gasteiger partial charge on any atom is 0.330 e. The van der Waals surface area contributed by atoms with E-state index in [4.69, 9.17) is 0 Å². The van der Waals surface area contributed by atoms with Crippen molar-refractivity contribution < 1.29 is 23.1 Å². The lowest BCUT2D eigenvalue weighted by molar-refractivity contribution is -0.139. The van der Waals surface area contributed by atoms with Crippen molar-refractivity contribution in [2.75, 3.05) is 6.26 Å². The number of carbonyl (C=O) groups excluding carboxylic acids is 1. The zero-order valence-electron chi connectivity index (χ0n) is 16.0. The summed E-state index contributed by atoms with van der Waals surface area (Å²) in [5.41, 5.74) is 3.77. The second-order valence-electron chi connectivity index (χ2n) is 6.77. The summed E-state index contributed by atoms with van der Waals surface area (Å²) in [6.07, 6.45) is 1.06. The van der Waals surface area contributed by atoms with Gasteiger partial charge in [0.15, 0.2) is 15.9 Å². The minimum Gasteiger partial charge on any atom is -0.479 e. The zero-order valence-corrected chi connectivity index (χ0v) is 16.8. The summed E-state index contributed by atoms with van der Waals surface area (Å²) in [5, 5.41) is 12.1. The first-order valence-corrected chi connectivity index (χ1v) is 10.2. The van der Waals surface area contributed by atoms with E-state index in [1.165, 1.54) is 12.1 Å². The standard InChI is InChI=1S/C20H23NO5S/c1-11-6-7-15(8-12(11)2)18(20(23)24)21-19(22)17-10-16(27(5,25)26)9-13(3)14(17)4/h6-10,18H,1-5H3,(H,21,22)(H,23,24). The van der Waals surface area contributed by atoms with E-state index in [2.05, 4.69) is 5.32 Å². The number of aliphatic carboxylic acids is 1. The highest BCUT2D eigenvalue weighted by atomic mass is 32.2. The largest absolute Gasteiger partial charge is 0.479 e. The number of aryl methyl sites for hydroxylation is 3. The van der Waals surface area contributed by atoms with Crippen molar-refractivity contribution >= 4 is 21.7 Å². The number of sulfone groups is 1. The van der Waals surface area contributed by atoms with Crippen LogP contribution in [-0.2, 0) is 14.6 Å². The predicted molar refractivity (Wildman–Crippen MR) is 103 cm³/mol. The Kier molecular flexibility index (Phi) is 5.75. The first-order chi connectivity index (χ1) is 12.4. The van der Waals surface area contributed by atoms with Gasteiger partial charge in [-0.3, -0.25) is 4.79 Å². The van der Waals surface area contributed by atoms with Gasteiger partial charge in [0.1, 0.15) is 0 Å². The first kappa shape index (κ1) is 20.6. The minimum atomic E-state index is -3.50. The number of carbonyl (C=O) groups is 2. The Hall–Kier alpha value is -2.67. The summed E-state index contributed by atoms with van der Waals surface area (Å²) in [5.74, 6) is -1.83. The molecule has 0 aromatic heterocycles. The second kappa shape index (κ2) is 7.52. The number of benzene rings is 2. The Bertz CT molecular complexity index is 1020. The lowest BCUT2D eigenvalue weighted by Gasteiger charge is -2.18. The molecule has 144 valence electrons. The van der Waals surface area contributed by atoms with Gasteiger partial charge in [-0.05, 0) is 67.6 Å². The van der Waals surface area contributed by atoms with E-state index in [9.17, 15) is 23.1 Å².